The standard InChI is InChI=1S/C24H17NO5S2/c26-23-17-11-5-7-13-19(17)32(29,30)24(23)14-25-21-16-10-4-6-12-18(16)31(27,28)22(21)20(24)15-8-2-1-3-9-15/h1-13,20,25H,14H2. The topological polar surface area (TPSA) is 97.4 Å². The van der Waals surface area contributed by atoms with Crippen molar-refractivity contribution in [1.82, 2.24) is 5.32 Å². The van der Waals surface area contributed by atoms with E-state index in [9.17, 15) is 21.6 Å². The lowest BCUT2D eigenvalue weighted by molar-refractivity contribution is 0.0933. The summed E-state index contributed by atoms with van der Waals surface area (Å²) in [7, 11) is -8.23. The summed E-state index contributed by atoms with van der Waals surface area (Å²) in [5.74, 6) is -1.76. The molecule has 0 aromatic heterocycles. The number of carbonyl (C=O) groups is 1. The summed E-state index contributed by atoms with van der Waals surface area (Å²) in [6, 6.07) is 21.3. The fourth-order valence-electron chi connectivity index (χ4n) is 5.27. The molecule has 3 aliphatic heterocycles. The number of hydrogen-bond acceptors (Lipinski definition) is 6. The number of fused-ring (bicyclic) bond motifs is 3. The lowest BCUT2D eigenvalue weighted by Gasteiger charge is -2.40. The van der Waals surface area contributed by atoms with Crippen molar-refractivity contribution in [1.29, 1.82) is 0 Å². The molecule has 6 nitrogen and oxygen atoms in total. The first-order valence-corrected chi connectivity index (χ1v) is 13.0. The molecule has 3 aromatic carbocycles. The summed E-state index contributed by atoms with van der Waals surface area (Å²) in [6.07, 6.45) is 0. The summed E-state index contributed by atoms with van der Waals surface area (Å²) in [5, 5.41) is 3.05. The number of allylic oxidation sites excluding steroid dienone is 1. The zero-order valence-electron chi connectivity index (χ0n) is 16.6. The first-order chi connectivity index (χ1) is 15.3. The predicted octanol–water partition coefficient (Wildman–Crippen LogP) is 2.94. The van der Waals surface area contributed by atoms with Crippen molar-refractivity contribution in [3.63, 3.8) is 0 Å². The normalized spacial score (nSPS) is 26.4. The molecule has 2 atom stereocenters. The van der Waals surface area contributed by atoms with Gasteiger partial charge in [0, 0.05) is 17.7 Å². The highest BCUT2D eigenvalue weighted by molar-refractivity contribution is 7.96. The van der Waals surface area contributed by atoms with Crippen LogP contribution in [0.5, 0.6) is 0 Å². The average Bonchev–Trinajstić information content (AvgIpc) is 3.14. The zero-order chi connectivity index (χ0) is 22.3. The molecule has 6 rings (SSSR count). The molecule has 3 heterocycles. The molecular formula is C24H17NO5S2. The van der Waals surface area contributed by atoms with Gasteiger partial charge in [-0.3, -0.25) is 4.79 Å². The average molecular weight is 464 g/mol. The van der Waals surface area contributed by atoms with Crippen LogP contribution in [0, 0.1) is 0 Å². The Hall–Kier alpha value is -3.23. The van der Waals surface area contributed by atoms with Gasteiger partial charge < -0.3 is 5.32 Å². The second-order valence-corrected chi connectivity index (χ2v) is 12.2. The summed E-state index contributed by atoms with van der Waals surface area (Å²) in [4.78, 5) is 13.8. The van der Waals surface area contributed by atoms with Crippen LogP contribution in [-0.2, 0) is 19.7 Å². The van der Waals surface area contributed by atoms with Gasteiger partial charge in [-0.1, -0.05) is 66.7 Å². The molecule has 1 spiro atoms. The molecule has 0 amide bonds. The van der Waals surface area contributed by atoms with Gasteiger partial charge in [0.05, 0.1) is 26.3 Å². The van der Waals surface area contributed by atoms with E-state index in [0.717, 1.165) is 0 Å². The second kappa shape index (κ2) is 6.17. The first-order valence-electron chi connectivity index (χ1n) is 10.1. The number of rotatable bonds is 1. The maximum atomic E-state index is 13.9. The molecule has 0 saturated carbocycles. The molecule has 0 radical (unpaired) electrons. The highest BCUT2D eigenvalue weighted by atomic mass is 32.2. The molecule has 8 heteroatoms. The van der Waals surface area contributed by atoms with E-state index < -0.39 is 36.1 Å². The van der Waals surface area contributed by atoms with Crippen molar-refractivity contribution >= 4 is 31.2 Å². The summed E-state index contributed by atoms with van der Waals surface area (Å²) < 4.78 is 53.4. The molecule has 160 valence electrons. The number of benzene rings is 3. The summed E-state index contributed by atoms with van der Waals surface area (Å²) in [6.45, 7) is -0.217. The van der Waals surface area contributed by atoms with E-state index in [1.165, 1.54) is 18.2 Å². The molecule has 0 bridgehead atoms. The Bertz CT molecular complexity index is 1570. The van der Waals surface area contributed by atoms with Gasteiger partial charge in [0.1, 0.15) is 0 Å². The highest BCUT2D eigenvalue weighted by Crippen LogP contribution is 2.57. The number of ketones is 1. The second-order valence-electron chi connectivity index (χ2n) is 8.15. The third-order valence-electron chi connectivity index (χ3n) is 6.66. The van der Waals surface area contributed by atoms with Crippen LogP contribution in [0.25, 0.3) is 5.70 Å². The minimum absolute atomic E-state index is 0.0512. The van der Waals surface area contributed by atoms with E-state index in [1.54, 1.807) is 60.7 Å². The van der Waals surface area contributed by atoms with E-state index in [1.807, 2.05) is 0 Å². The quantitative estimate of drug-likeness (QED) is 0.596. The van der Waals surface area contributed by atoms with Crippen molar-refractivity contribution in [3.8, 4) is 0 Å². The van der Waals surface area contributed by atoms with Crippen LogP contribution >= 0.6 is 0 Å². The fraction of sp³-hybridized carbons (Fsp3) is 0.125. The molecular weight excluding hydrogens is 446 g/mol. The Morgan fingerprint density at radius 3 is 2.03 bits per heavy atom. The van der Waals surface area contributed by atoms with E-state index >= 15 is 0 Å². The smallest absolute Gasteiger partial charge is 0.206 e. The van der Waals surface area contributed by atoms with Crippen molar-refractivity contribution < 1.29 is 21.6 Å². The molecule has 3 aromatic rings. The lowest BCUT2D eigenvalue weighted by Crippen LogP contribution is -2.57. The lowest BCUT2D eigenvalue weighted by atomic mass is 9.77. The molecule has 3 aliphatic rings. The predicted molar refractivity (Wildman–Crippen MR) is 118 cm³/mol. The highest BCUT2D eigenvalue weighted by Gasteiger charge is 2.67. The Kier molecular flexibility index (Phi) is 3.75. The number of sulfone groups is 2. The maximum absolute atomic E-state index is 13.9. The van der Waals surface area contributed by atoms with E-state index in [0.29, 0.717) is 16.8 Å². The van der Waals surface area contributed by atoms with Crippen molar-refractivity contribution in [3.05, 3.63) is 100 Å². The van der Waals surface area contributed by atoms with Gasteiger partial charge in [0.15, 0.2) is 20.4 Å². The molecule has 2 unspecified atom stereocenters. The Morgan fingerprint density at radius 1 is 0.750 bits per heavy atom. The van der Waals surface area contributed by atoms with Crippen molar-refractivity contribution in [2.24, 2.45) is 0 Å². The van der Waals surface area contributed by atoms with Crippen LogP contribution in [0.1, 0.15) is 27.4 Å². The van der Waals surface area contributed by atoms with Gasteiger partial charge in [-0.05, 0) is 17.7 Å². The Labute approximate surface area is 185 Å². The van der Waals surface area contributed by atoms with E-state index in [-0.39, 0.29) is 26.8 Å². The molecule has 0 saturated heterocycles. The number of Topliss-reactive ketones (excluding diaryl/α,β-unsaturated/α-hetero) is 1. The van der Waals surface area contributed by atoms with Crippen molar-refractivity contribution in [2.45, 2.75) is 20.5 Å². The third kappa shape index (κ3) is 2.11. The minimum Gasteiger partial charge on any atom is -0.382 e. The van der Waals surface area contributed by atoms with E-state index in [2.05, 4.69) is 5.32 Å². The maximum Gasteiger partial charge on any atom is 0.206 e. The Morgan fingerprint density at radius 2 is 1.34 bits per heavy atom. The van der Waals surface area contributed by atoms with Crippen LogP contribution in [0.3, 0.4) is 0 Å². The number of nitrogens with one attached hydrogen (secondary N) is 1. The SMILES string of the molecule is O=C1c2ccccc2S(=O)(=O)C12CNC1=C(C2c2ccccc2)S(=O)(=O)c2ccccc21. The number of hydrogen-bond donors (Lipinski definition) is 1. The van der Waals surface area contributed by atoms with Crippen LogP contribution in [0.2, 0.25) is 0 Å². The fourth-order valence-corrected chi connectivity index (χ4v) is 9.68. The monoisotopic (exact) mass is 463 g/mol. The van der Waals surface area contributed by atoms with E-state index in [4.69, 9.17) is 0 Å². The van der Waals surface area contributed by atoms with Crippen LogP contribution < -0.4 is 5.32 Å². The molecule has 32 heavy (non-hydrogen) atoms. The summed E-state index contributed by atoms with van der Waals surface area (Å²) in [5.41, 5.74) is 1.45. The molecule has 0 aliphatic carbocycles. The van der Waals surface area contributed by atoms with Gasteiger partial charge in [-0.25, -0.2) is 16.8 Å². The first kappa shape index (κ1) is 19.5. The number of carbonyl (C=O) groups excluding carboxylic acids is 1. The Balaban J connectivity index is 1.72. The largest absolute Gasteiger partial charge is 0.382 e. The van der Waals surface area contributed by atoms with Gasteiger partial charge in [0.25, 0.3) is 0 Å². The van der Waals surface area contributed by atoms with Crippen LogP contribution in [0.4, 0.5) is 0 Å². The van der Waals surface area contributed by atoms with Gasteiger partial charge in [-0.2, -0.15) is 0 Å². The summed E-state index contributed by atoms with van der Waals surface area (Å²) >= 11 is 0. The molecule has 0 fully saturated rings. The van der Waals surface area contributed by atoms with Crippen LogP contribution in [0.15, 0.2) is 93.6 Å². The minimum atomic E-state index is -4.20. The van der Waals surface area contributed by atoms with Gasteiger partial charge >= 0.3 is 0 Å². The van der Waals surface area contributed by atoms with Crippen molar-refractivity contribution in [2.75, 3.05) is 6.54 Å². The molecule has 1 N–H and O–H groups in total. The third-order valence-corrected chi connectivity index (χ3v) is 11.1. The van der Waals surface area contributed by atoms with Gasteiger partial charge in [0.2, 0.25) is 9.84 Å². The zero-order valence-corrected chi connectivity index (χ0v) is 18.3. The van der Waals surface area contributed by atoms with Gasteiger partial charge in [-0.15, -0.1) is 0 Å². The van der Waals surface area contributed by atoms with Crippen LogP contribution in [-0.4, -0.2) is 33.9 Å².